The number of hydrogen-bond donors (Lipinski definition) is 0. The summed E-state index contributed by atoms with van der Waals surface area (Å²) < 4.78 is 25.8. The second kappa shape index (κ2) is 6.17. The van der Waals surface area contributed by atoms with Gasteiger partial charge in [-0.2, -0.15) is 0 Å². The van der Waals surface area contributed by atoms with E-state index < -0.39 is 8.32 Å². The molecule has 2 atom stereocenters. The molecule has 122 valence electrons. The molecule has 4 heteroatoms. The summed E-state index contributed by atoms with van der Waals surface area (Å²) in [5.41, 5.74) is 0.936. The minimum Gasteiger partial charge on any atom is -0.487 e. The van der Waals surface area contributed by atoms with Crippen LogP contribution in [0.25, 0.3) is 0 Å². The lowest BCUT2D eigenvalue weighted by molar-refractivity contribution is 0.0593. The summed E-state index contributed by atoms with van der Waals surface area (Å²) in [6.45, 7) is 15.1. The second-order valence-electron chi connectivity index (χ2n) is 7.53. The van der Waals surface area contributed by atoms with E-state index in [0.717, 1.165) is 24.2 Å². The minimum absolute atomic E-state index is 0.0513. The highest BCUT2D eigenvalue weighted by Gasteiger charge is 2.41. The van der Waals surface area contributed by atoms with E-state index in [4.69, 9.17) is 9.16 Å². The summed E-state index contributed by atoms with van der Waals surface area (Å²) in [7, 11) is -1.88. The molecule has 0 amide bonds. The van der Waals surface area contributed by atoms with Crippen LogP contribution >= 0.6 is 0 Å². The first-order valence-electron chi connectivity index (χ1n) is 7.89. The maximum atomic E-state index is 13.3. The zero-order chi connectivity index (χ0) is 16.5. The van der Waals surface area contributed by atoms with Gasteiger partial charge in [-0.25, -0.2) is 4.39 Å². The van der Waals surface area contributed by atoms with Crippen molar-refractivity contribution in [3.8, 4) is 5.75 Å². The molecule has 1 aliphatic heterocycles. The van der Waals surface area contributed by atoms with Gasteiger partial charge in [0.1, 0.15) is 23.8 Å². The zero-order valence-electron chi connectivity index (χ0n) is 14.3. The highest BCUT2D eigenvalue weighted by Crippen LogP contribution is 2.39. The second-order valence-corrected chi connectivity index (χ2v) is 12.3. The molecule has 1 aromatic carbocycles. The van der Waals surface area contributed by atoms with Crippen LogP contribution in [0.5, 0.6) is 5.75 Å². The summed E-state index contributed by atoms with van der Waals surface area (Å²) >= 11 is 0. The molecular weight excluding hydrogens is 295 g/mol. The van der Waals surface area contributed by atoms with Crippen molar-refractivity contribution in [3.05, 3.63) is 42.2 Å². The molecule has 0 bridgehead atoms. The third-order valence-electron chi connectivity index (χ3n) is 4.83. The van der Waals surface area contributed by atoms with E-state index in [1.807, 2.05) is 6.08 Å². The Morgan fingerprint density at radius 2 is 2.09 bits per heavy atom. The van der Waals surface area contributed by atoms with Crippen LogP contribution in [-0.2, 0) is 10.8 Å². The average Bonchev–Trinajstić information content (AvgIpc) is 2.43. The van der Waals surface area contributed by atoms with Gasteiger partial charge in [0.2, 0.25) is 0 Å². The third kappa shape index (κ3) is 3.61. The summed E-state index contributed by atoms with van der Waals surface area (Å²) in [5, 5.41) is 0.143. The van der Waals surface area contributed by atoms with E-state index in [2.05, 4.69) is 40.4 Å². The number of aryl methyl sites for hydroxylation is 1. The maximum absolute atomic E-state index is 13.3. The standard InChI is InChI=1S/C18H27FO2Si/c1-7-15(21-22(5,6)18(2,3)4)17-10-8-13-12-14(19)9-11-16(13)20-17/h7,9,11-12,15,17H,1,8,10H2,2-6H3/t15-,17-/m1/s1. The number of ether oxygens (including phenoxy) is 1. The molecule has 0 saturated carbocycles. The van der Waals surface area contributed by atoms with Gasteiger partial charge >= 0.3 is 0 Å². The lowest BCUT2D eigenvalue weighted by atomic mass is 9.99. The van der Waals surface area contributed by atoms with Crippen LogP contribution in [0.4, 0.5) is 4.39 Å². The molecule has 0 radical (unpaired) electrons. The Hall–Kier alpha value is -1.13. The van der Waals surface area contributed by atoms with E-state index in [1.165, 1.54) is 6.07 Å². The van der Waals surface area contributed by atoms with Crippen molar-refractivity contribution < 1.29 is 13.6 Å². The van der Waals surface area contributed by atoms with Crippen molar-refractivity contribution in [2.75, 3.05) is 0 Å². The number of fused-ring (bicyclic) bond motifs is 1. The van der Waals surface area contributed by atoms with Crippen LogP contribution in [0.1, 0.15) is 32.8 Å². The summed E-state index contributed by atoms with van der Waals surface area (Å²) in [4.78, 5) is 0. The Balaban J connectivity index is 2.13. The number of rotatable bonds is 4. The Morgan fingerprint density at radius 3 is 2.68 bits per heavy atom. The summed E-state index contributed by atoms with van der Waals surface area (Å²) in [5.74, 6) is 0.557. The Bertz CT molecular complexity index is 549. The SMILES string of the molecule is C=C[C@@H](O[Si](C)(C)C(C)(C)C)[C@H]1CCc2cc(F)ccc2O1. The molecule has 1 heterocycles. The fraction of sp³-hybridized carbons (Fsp3) is 0.556. The lowest BCUT2D eigenvalue weighted by Gasteiger charge is -2.41. The molecule has 0 fully saturated rings. The predicted octanol–water partition coefficient (Wildman–Crippen LogP) is 5.10. The molecule has 0 aromatic heterocycles. The van der Waals surface area contributed by atoms with Gasteiger partial charge in [0.05, 0.1) is 0 Å². The molecule has 0 spiro atoms. The lowest BCUT2D eigenvalue weighted by Crippen LogP contribution is -2.48. The average molecular weight is 322 g/mol. The van der Waals surface area contributed by atoms with Crippen LogP contribution in [0, 0.1) is 5.82 Å². The number of halogens is 1. The van der Waals surface area contributed by atoms with E-state index in [1.54, 1.807) is 12.1 Å². The number of hydrogen-bond acceptors (Lipinski definition) is 2. The van der Waals surface area contributed by atoms with Gasteiger partial charge in [-0.15, -0.1) is 6.58 Å². The van der Waals surface area contributed by atoms with E-state index in [9.17, 15) is 4.39 Å². The van der Waals surface area contributed by atoms with E-state index in [-0.39, 0.29) is 23.1 Å². The fourth-order valence-corrected chi connectivity index (χ4v) is 3.68. The van der Waals surface area contributed by atoms with Gasteiger partial charge < -0.3 is 9.16 Å². The molecule has 0 N–H and O–H groups in total. The third-order valence-corrected chi connectivity index (χ3v) is 9.31. The quantitative estimate of drug-likeness (QED) is 0.567. The van der Waals surface area contributed by atoms with Crippen molar-refractivity contribution in [1.29, 1.82) is 0 Å². The normalized spacial score (nSPS) is 20.0. The van der Waals surface area contributed by atoms with Gasteiger partial charge in [-0.3, -0.25) is 0 Å². The van der Waals surface area contributed by atoms with Crippen LogP contribution in [0.15, 0.2) is 30.9 Å². The van der Waals surface area contributed by atoms with E-state index in [0.29, 0.717) is 0 Å². The Morgan fingerprint density at radius 1 is 1.41 bits per heavy atom. The smallest absolute Gasteiger partial charge is 0.193 e. The van der Waals surface area contributed by atoms with Crippen molar-refractivity contribution in [2.45, 2.75) is 64.0 Å². The molecule has 0 unspecified atom stereocenters. The van der Waals surface area contributed by atoms with Gasteiger partial charge in [0, 0.05) is 0 Å². The molecule has 1 aromatic rings. The van der Waals surface area contributed by atoms with Gasteiger partial charge in [0.25, 0.3) is 0 Å². The first-order valence-corrected chi connectivity index (χ1v) is 10.8. The maximum Gasteiger partial charge on any atom is 0.193 e. The Labute approximate surface area is 134 Å². The van der Waals surface area contributed by atoms with Crippen molar-refractivity contribution in [3.63, 3.8) is 0 Å². The van der Waals surface area contributed by atoms with Gasteiger partial charge in [0.15, 0.2) is 8.32 Å². The molecular formula is C18H27FO2Si. The largest absolute Gasteiger partial charge is 0.487 e. The summed E-state index contributed by atoms with van der Waals surface area (Å²) in [6.07, 6.45) is 3.30. The van der Waals surface area contributed by atoms with E-state index >= 15 is 0 Å². The van der Waals surface area contributed by atoms with Crippen LogP contribution in [-0.4, -0.2) is 20.5 Å². The first-order chi connectivity index (χ1) is 10.1. The molecule has 2 rings (SSSR count). The number of benzene rings is 1. The highest BCUT2D eigenvalue weighted by molar-refractivity contribution is 6.74. The van der Waals surface area contributed by atoms with Crippen molar-refractivity contribution in [1.82, 2.24) is 0 Å². The fourth-order valence-electron chi connectivity index (χ4n) is 2.40. The monoisotopic (exact) mass is 322 g/mol. The summed E-state index contributed by atoms with van der Waals surface area (Å²) in [6, 6.07) is 4.71. The van der Waals surface area contributed by atoms with Gasteiger partial charge in [-0.05, 0) is 54.7 Å². The van der Waals surface area contributed by atoms with Crippen molar-refractivity contribution >= 4 is 8.32 Å². The van der Waals surface area contributed by atoms with Crippen molar-refractivity contribution in [2.24, 2.45) is 0 Å². The minimum atomic E-state index is -1.88. The zero-order valence-corrected chi connectivity index (χ0v) is 15.3. The highest BCUT2D eigenvalue weighted by atomic mass is 28.4. The van der Waals surface area contributed by atoms with Crippen LogP contribution in [0.2, 0.25) is 18.1 Å². The topological polar surface area (TPSA) is 18.5 Å². The van der Waals surface area contributed by atoms with Gasteiger partial charge in [-0.1, -0.05) is 26.8 Å². The molecule has 1 aliphatic rings. The molecule has 22 heavy (non-hydrogen) atoms. The predicted molar refractivity (Wildman–Crippen MR) is 91.4 cm³/mol. The van der Waals surface area contributed by atoms with Crippen LogP contribution < -0.4 is 4.74 Å². The molecule has 0 aliphatic carbocycles. The molecule has 0 saturated heterocycles. The Kier molecular flexibility index (Phi) is 4.83. The van der Waals surface area contributed by atoms with Crippen LogP contribution in [0.3, 0.4) is 0 Å². The first kappa shape index (κ1) is 17.2. The molecule has 2 nitrogen and oxygen atoms in total.